The smallest absolute Gasteiger partial charge is 0.270 e. The average molecular weight is 342 g/mol. The van der Waals surface area contributed by atoms with Gasteiger partial charge in [0.2, 0.25) is 0 Å². The second-order valence-electron chi connectivity index (χ2n) is 5.00. The van der Waals surface area contributed by atoms with Crippen LogP contribution in [-0.4, -0.2) is 26.1 Å². The first-order chi connectivity index (χ1) is 12.1. The molecule has 7 heteroatoms. The van der Waals surface area contributed by atoms with Crippen molar-refractivity contribution < 1.29 is 9.66 Å². The molecule has 0 aliphatic rings. The van der Waals surface area contributed by atoms with Crippen molar-refractivity contribution in [2.45, 2.75) is 34.1 Å². The summed E-state index contributed by atoms with van der Waals surface area (Å²) in [4.78, 5) is 19.4. The van der Waals surface area contributed by atoms with Crippen LogP contribution in [0.4, 0.5) is 5.69 Å². The molecule has 0 atom stereocenters. The van der Waals surface area contributed by atoms with E-state index in [0.29, 0.717) is 29.1 Å². The largest absolute Gasteiger partial charge is 0.493 e. The number of aryl methyl sites for hydroxylation is 1. The van der Waals surface area contributed by atoms with Gasteiger partial charge in [0.15, 0.2) is 0 Å². The van der Waals surface area contributed by atoms with Crippen LogP contribution in [0.2, 0.25) is 0 Å². The second-order valence-corrected chi connectivity index (χ2v) is 5.00. The van der Waals surface area contributed by atoms with E-state index in [1.54, 1.807) is 18.5 Å². The van der Waals surface area contributed by atoms with Crippen LogP contribution < -0.4 is 4.74 Å². The lowest BCUT2D eigenvalue weighted by molar-refractivity contribution is -0.384. The Bertz CT molecular complexity index is 874. The summed E-state index contributed by atoms with van der Waals surface area (Å²) in [6.07, 6.45) is 4.45. The zero-order valence-corrected chi connectivity index (χ0v) is 14.9. The summed E-state index contributed by atoms with van der Waals surface area (Å²) in [7, 11) is 0. The van der Waals surface area contributed by atoms with Gasteiger partial charge in [-0.2, -0.15) is 0 Å². The molecule has 132 valence electrons. The van der Waals surface area contributed by atoms with E-state index in [9.17, 15) is 10.1 Å². The van der Waals surface area contributed by atoms with Gasteiger partial charge in [0.05, 0.1) is 22.7 Å². The van der Waals surface area contributed by atoms with E-state index in [0.717, 1.165) is 12.1 Å². The maximum absolute atomic E-state index is 11.0. The van der Waals surface area contributed by atoms with Crippen molar-refractivity contribution in [2.75, 3.05) is 6.61 Å². The first-order valence-corrected chi connectivity index (χ1v) is 8.37. The second kappa shape index (κ2) is 8.23. The molecule has 25 heavy (non-hydrogen) atoms. The molecule has 0 amide bonds. The Hall–Kier alpha value is -2.96. The SMILES string of the molecule is CC.CCOc1cc(-n2cnc(CC)c2)nc2ccc([N+](=O)[O-])cc12. The van der Waals surface area contributed by atoms with Gasteiger partial charge in [-0.05, 0) is 19.4 Å². The fourth-order valence-electron chi connectivity index (χ4n) is 2.36. The molecular weight excluding hydrogens is 320 g/mol. The first-order valence-electron chi connectivity index (χ1n) is 8.37. The minimum Gasteiger partial charge on any atom is -0.493 e. The minimum atomic E-state index is -0.424. The van der Waals surface area contributed by atoms with Crippen molar-refractivity contribution in [2.24, 2.45) is 0 Å². The number of pyridine rings is 1. The Morgan fingerprint density at radius 1 is 1.24 bits per heavy atom. The normalized spacial score (nSPS) is 10.2. The van der Waals surface area contributed by atoms with E-state index >= 15 is 0 Å². The number of fused-ring (bicyclic) bond motifs is 1. The van der Waals surface area contributed by atoms with Crippen LogP contribution in [0.15, 0.2) is 36.8 Å². The molecule has 3 aromatic rings. The number of ether oxygens (including phenoxy) is 1. The molecule has 0 unspecified atom stereocenters. The summed E-state index contributed by atoms with van der Waals surface area (Å²) in [5.41, 5.74) is 1.63. The fourth-order valence-corrected chi connectivity index (χ4v) is 2.36. The molecule has 0 aliphatic heterocycles. The number of hydrogen-bond acceptors (Lipinski definition) is 5. The number of benzene rings is 1. The number of imidazole rings is 1. The van der Waals surface area contributed by atoms with Crippen LogP contribution in [0.3, 0.4) is 0 Å². The van der Waals surface area contributed by atoms with E-state index in [1.165, 1.54) is 12.1 Å². The lowest BCUT2D eigenvalue weighted by atomic mass is 10.2. The minimum absolute atomic E-state index is 0.0175. The number of rotatable bonds is 5. The van der Waals surface area contributed by atoms with Crippen LogP contribution in [0.25, 0.3) is 16.7 Å². The fraction of sp³-hybridized carbons (Fsp3) is 0.333. The van der Waals surface area contributed by atoms with Crippen LogP contribution in [-0.2, 0) is 6.42 Å². The molecule has 2 aromatic heterocycles. The molecule has 1 aromatic carbocycles. The maximum atomic E-state index is 11.0. The molecule has 0 saturated heterocycles. The summed E-state index contributed by atoms with van der Waals surface area (Å²) in [6, 6.07) is 6.34. The van der Waals surface area contributed by atoms with Crippen molar-refractivity contribution in [1.29, 1.82) is 0 Å². The van der Waals surface area contributed by atoms with Gasteiger partial charge in [-0.15, -0.1) is 0 Å². The highest BCUT2D eigenvalue weighted by Crippen LogP contribution is 2.30. The van der Waals surface area contributed by atoms with Crippen molar-refractivity contribution >= 4 is 16.6 Å². The Labute approximate surface area is 146 Å². The van der Waals surface area contributed by atoms with E-state index in [2.05, 4.69) is 9.97 Å². The summed E-state index contributed by atoms with van der Waals surface area (Å²) < 4.78 is 7.47. The molecule has 0 fully saturated rings. The number of hydrogen-bond donors (Lipinski definition) is 0. The molecular formula is C18H22N4O3. The molecule has 2 heterocycles. The van der Waals surface area contributed by atoms with Crippen molar-refractivity contribution in [3.63, 3.8) is 0 Å². The molecule has 0 saturated carbocycles. The predicted octanol–water partition coefficient (Wildman–Crippen LogP) is 4.32. The van der Waals surface area contributed by atoms with Gasteiger partial charge in [-0.3, -0.25) is 14.7 Å². The van der Waals surface area contributed by atoms with E-state index in [-0.39, 0.29) is 5.69 Å². The summed E-state index contributed by atoms with van der Waals surface area (Å²) in [5.74, 6) is 1.24. The van der Waals surface area contributed by atoms with Crippen LogP contribution in [0.1, 0.15) is 33.4 Å². The van der Waals surface area contributed by atoms with Crippen molar-refractivity contribution in [3.8, 4) is 11.6 Å². The average Bonchev–Trinajstić information content (AvgIpc) is 3.12. The summed E-state index contributed by atoms with van der Waals surface area (Å²) in [6.45, 7) is 8.37. The Morgan fingerprint density at radius 3 is 2.60 bits per heavy atom. The zero-order valence-electron chi connectivity index (χ0n) is 14.9. The topological polar surface area (TPSA) is 83.1 Å². The number of non-ortho nitro benzene ring substituents is 1. The number of nitro benzene ring substituents is 1. The van der Waals surface area contributed by atoms with E-state index < -0.39 is 4.92 Å². The van der Waals surface area contributed by atoms with Crippen molar-refractivity contribution in [1.82, 2.24) is 14.5 Å². The highest BCUT2D eigenvalue weighted by atomic mass is 16.6. The Balaban J connectivity index is 0.00000109. The summed E-state index contributed by atoms with van der Waals surface area (Å²) >= 11 is 0. The third-order valence-corrected chi connectivity index (χ3v) is 3.51. The van der Waals surface area contributed by atoms with Gasteiger partial charge in [0.25, 0.3) is 5.69 Å². The van der Waals surface area contributed by atoms with Gasteiger partial charge in [-0.1, -0.05) is 20.8 Å². The molecule has 0 radical (unpaired) electrons. The van der Waals surface area contributed by atoms with Gasteiger partial charge in [0, 0.05) is 29.8 Å². The zero-order chi connectivity index (χ0) is 18.4. The molecule has 0 aliphatic carbocycles. The van der Waals surface area contributed by atoms with Crippen molar-refractivity contribution in [3.05, 3.63) is 52.6 Å². The summed E-state index contributed by atoms with van der Waals surface area (Å²) in [5, 5.41) is 11.6. The van der Waals surface area contributed by atoms with Gasteiger partial charge < -0.3 is 4.74 Å². The molecule has 7 nitrogen and oxygen atoms in total. The maximum Gasteiger partial charge on any atom is 0.270 e. The van der Waals surface area contributed by atoms with E-state index in [4.69, 9.17) is 4.74 Å². The molecule has 0 N–H and O–H groups in total. The highest BCUT2D eigenvalue weighted by Gasteiger charge is 2.13. The lowest BCUT2D eigenvalue weighted by Gasteiger charge is -2.10. The molecule has 0 bridgehead atoms. The number of aromatic nitrogens is 3. The predicted molar refractivity (Wildman–Crippen MR) is 97.4 cm³/mol. The molecule has 0 spiro atoms. The lowest BCUT2D eigenvalue weighted by Crippen LogP contribution is -2.00. The number of nitrogens with zero attached hydrogens (tertiary/aromatic N) is 4. The van der Waals surface area contributed by atoms with Gasteiger partial charge in [-0.25, -0.2) is 9.97 Å². The van der Waals surface area contributed by atoms with Crippen LogP contribution in [0, 0.1) is 10.1 Å². The van der Waals surface area contributed by atoms with Crippen LogP contribution >= 0.6 is 0 Å². The first kappa shape index (κ1) is 18.4. The highest BCUT2D eigenvalue weighted by molar-refractivity contribution is 5.88. The van der Waals surface area contributed by atoms with Crippen LogP contribution in [0.5, 0.6) is 5.75 Å². The monoisotopic (exact) mass is 342 g/mol. The quantitative estimate of drug-likeness (QED) is 0.509. The number of nitro groups is 1. The van der Waals surface area contributed by atoms with Gasteiger partial charge in [0.1, 0.15) is 17.9 Å². The third kappa shape index (κ3) is 3.93. The Kier molecular flexibility index (Phi) is 6.05. The van der Waals surface area contributed by atoms with E-state index in [1.807, 2.05) is 38.5 Å². The molecule has 3 rings (SSSR count). The third-order valence-electron chi connectivity index (χ3n) is 3.51. The Morgan fingerprint density at radius 2 is 2.00 bits per heavy atom. The van der Waals surface area contributed by atoms with Gasteiger partial charge >= 0.3 is 0 Å². The standard InChI is InChI=1S/C16H16N4O3.C2H6/c1-3-11-9-19(10-17-11)16-8-15(23-4-2)13-7-12(20(21)22)5-6-14(13)18-16;1-2/h5-10H,3-4H2,1-2H3;1-2H3.